The second-order valence-electron chi connectivity index (χ2n) is 3.72. The SMILES string of the molecule is O=S(=O)(c1ccc(Cl)cc1)[C@@H]1C[C@H]1CO. The van der Waals surface area contributed by atoms with Crippen LogP contribution in [-0.2, 0) is 9.84 Å². The molecule has 0 saturated heterocycles. The van der Waals surface area contributed by atoms with Crippen LogP contribution < -0.4 is 0 Å². The van der Waals surface area contributed by atoms with Crippen molar-refractivity contribution in [3.8, 4) is 0 Å². The number of halogens is 1. The molecule has 1 aliphatic rings. The number of benzene rings is 1. The Morgan fingerprint density at radius 2 is 1.93 bits per heavy atom. The molecule has 2 atom stereocenters. The van der Waals surface area contributed by atoms with Crippen molar-refractivity contribution in [1.29, 1.82) is 0 Å². The number of aliphatic hydroxyl groups excluding tert-OH is 1. The molecule has 82 valence electrons. The second kappa shape index (κ2) is 3.77. The highest BCUT2D eigenvalue weighted by Gasteiger charge is 2.47. The minimum absolute atomic E-state index is 0.0580. The Labute approximate surface area is 93.6 Å². The van der Waals surface area contributed by atoms with E-state index in [2.05, 4.69) is 0 Å². The lowest BCUT2D eigenvalue weighted by molar-refractivity contribution is 0.277. The standard InChI is InChI=1S/C10H11ClO3S/c11-8-1-3-9(4-2-8)15(13,14)10-5-7(10)6-12/h1-4,7,10,12H,5-6H2/t7-,10+/m0/s1. The Morgan fingerprint density at radius 3 is 2.40 bits per heavy atom. The third kappa shape index (κ3) is 2.02. The lowest BCUT2D eigenvalue weighted by atomic mass is 10.4. The summed E-state index contributed by atoms with van der Waals surface area (Å²) in [6, 6.07) is 6.13. The number of aliphatic hydroxyl groups is 1. The summed E-state index contributed by atoms with van der Waals surface area (Å²) in [4.78, 5) is 0.285. The lowest BCUT2D eigenvalue weighted by Crippen LogP contribution is -2.10. The van der Waals surface area contributed by atoms with Gasteiger partial charge in [0.2, 0.25) is 0 Å². The Kier molecular flexibility index (Phi) is 2.75. The Bertz CT molecular complexity index is 452. The van der Waals surface area contributed by atoms with E-state index in [4.69, 9.17) is 16.7 Å². The van der Waals surface area contributed by atoms with Crippen molar-refractivity contribution in [2.24, 2.45) is 5.92 Å². The summed E-state index contributed by atoms with van der Waals surface area (Å²) in [7, 11) is -3.26. The Balaban J connectivity index is 2.27. The van der Waals surface area contributed by atoms with E-state index in [-0.39, 0.29) is 17.4 Å². The first-order valence-corrected chi connectivity index (χ1v) is 6.58. The summed E-state index contributed by atoms with van der Waals surface area (Å²) in [5.74, 6) is -0.0920. The molecule has 0 radical (unpaired) electrons. The molecule has 1 fully saturated rings. The minimum Gasteiger partial charge on any atom is -0.396 e. The van der Waals surface area contributed by atoms with Crippen molar-refractivity contribution >= 4 is 21.4 Å². The van der Waals surface area contributed by atoms with E-state index in [1.165, 1.54) is 12.1 Å². The summed E-state index contributed by atoms with van der Waals surface area (Å²) >= 11 is 5.68. The van der Waals surface area contributed by atoms with E-state index in [9.17, 15) is 8.42 Å². The molecule has 1 saturated carbocycles. The van der Waals surface area contributed by atoms with Crippen LogP contribution in [0, 0.1) is 5.92 Å². The lowest BCUT2D eigenvalue weighted by Gasteiger charge is -2.02. The van der Waals surface area contributed by atoms with Gasteiger partial charge in [-0.2, -0.15) is 0 Å². The molecular formula is C10H11ClO3S. The molecule has 15 heavy (non-hydrogen) atoms. The van der Waals surface area contributed by atoms with Gasteiger partial charge in [-0.3, -0.25) is 0 Å². The normalized spacial score (nSPS) is 25.2. The fourth-order valence-corrected chi connectivity index (χ4v) is 3.68. The first kappa shape index (κ1) is 10.9. The average Bonchev–Trinajstić information content (AvgIpc) is 2.98. The molecular weight excluding hydrogens is 236 g/mol. The largest absolute Gasteiger partial charge is 0.396 e. The zero-order valence-corrected chi connectivity index (χ0v) is 9.50. The molecule has 0 aromatic heterocycles. The van der Waals surface area contributed by atoms with Gasteiger partial charge in [0.15, 0.2) is 9.84 Å². The van der Waals surface area contributed by atoms with Crippen LogP contribution >= 0.6 is 11.6 Å². The Hall–Kier alpha value is -0.580. The minimum atomic E-state index is -3.26. The molecule has 0 aliphatic heterocycles. The van der Waals surface area contributed by atoms with Gasteiger partial charge in [0.05, 0.1) is 10.1 Å². The van der Waals surface area contributed by atoms with E-state index in [1.807, 2.05) is 0 Å². The summed E-state index contributed by atoms with van der Waals surface area (Å²) in [5, 5.41) is 8.95. The number of hydrogen-bond acceptors (Lipinski definition) is 3. The Morgan fingerprint density at radius 1 is 1.33 bits per heavy atom. The monoisotopic (exact) mass is 246 g/mol. The second-order valence-corrected chi connectivity index (χ2v) is 6.32. The summed E-state index contributed by atoms with van der Waals surface area (Å²) in [5.41, 5.74) is 0. The average molecular weight is 247 g/mol. The van der Waals surface area contributed by atoms with Crippen molar-refractivity contribution in [3.05, 3.63) is 29.3 Å². The van der Waals surface area contributed by atoms with Crippen LogP contribution in [0.25, 0.3) is 0 Å². The van der Waals surface area contributed by atoms with Gasteiger partial charge in [-0.15, -0.1) is 0 Å². The van der Waals surface area contributed by atoms with Crippen LogP contribution in [-0.4, -0.2) is 25.4 Å². The predicted molar refractivity (Wildman–Crippen MR) is 57.6 cm³/mol. The highest BCUT2D eigenvalue weighted by Crippen LogP contribution is 2.40. The van der Waals surface area contributed by atoms with Crippen molar-refractivity contribution in [2.45, 2.75) is 16.6 Å². The van der Waals surface area contributed by atoms with Gasteiger partial charge < -0.3 is 5.11 Å². The van der Waals surface area contributed by atoms with Crippen LogP contribution in [0.1, 0.15) is 6.42 Å². The topological polar surface area (TPSA) is 54.4 Å². The van der Waals surface area contributed by atoms with E-state index in [1.54, 1.807) is 12.1 Å². The quantitative estimate of drug-likeness (QED) is 0.879. The van der Waals surface area contributed by atoms with Gasteiger partial charge >= 0.3 is 0 Å². The molecule has 1 aliphatic carbocycles. The molecule has 3 nitrogen and oxygen atoms in total. The molecule has 2 rings (SSSR count). The highest BCUT2D eigenvalue weighted by molar-refractivity contribution is 7.92. The number of sulfone groups is 1. The zero-order chi connectivity index (χ0) is 11.1. The van der Waals surface area contributed by atoms with Crippen LogP contribution in [0.3, 0.4) is 0 Å². The molecule has 0 heterocycles. The van der Waals surface area contributed by atoms with Crippen LogP contribution in [0.2, 0.25) is 5.02 Å². The summed E-state index contributed by atoms with van der Waals surface area (Å²) < 4.78 is 23.8. The van der Waals surface area contributed by atoms with Crippen molar-refractivity contribution in [2.75, 3.05) is 6.61 Å². The molecule has 0 amide bonds. The smallest absolute Gasteiger partial charge is 0.181 e. The van der Waals surface area contributed by atoms with Crippen molar-refractivity contribution in [3.63, 3.8) is 0 Å². The first-order chi connectivity index (χ1) is 7.05. The third-order valence-corrected chi connectivity index (χ3v) is 5.19. The predicted octanol–water partition coefficient (Wildman–Crippen LogP) is 1.49. The fraction of sp³-hybridized carbons (Fsp3) is 0.400. The number of rotatable bonds is 3. The van der Waals surface area contributed by atoms with Crippen LogP contribution in [0.4, 0.5) is 0 Å². The molecule has 0 spiro atoms. The van der Waals surface area contributed by atoms with Gasteiger partial charge in [0.25, 0.3) is 0 Å². The maximum atomic E-state index is 11.9. The third-order valence-electron chi connectivity index (χ3n) is 2.63. The van der Waals surface area contributed by atoms with E-state index >= 15 is 0 Å². The molecule has 0 unspecified atom stereocenters. The summed E-state index contributed by atoms with van der Waals surface area (Å²) in [6.07, 6.45) is 0.557. The summed E-state index contributed by atoms with van der Waals surface area (Å²) in [6.45, 7) is -0.0580. The van der Waals surface area contributed by atoms with Gasteiger partial charge in [-0.05, 0) is 30.7 Å². The zero-order valence-electron chi connectivity index (χ0n) is 7.93. The van der Waals surface area contributed by atoms with Gasteiger partial charge in [-0.1, -0.05) is 11.6 Å². The van der Waals surface area contributed by atoms with Crippen molar-refractivity contribution < 1.29 is 13.5 Å². The maximum absolute atomic E-state index is 11.9. The maximum Gasteiger partial charge on any atom is 0.181 e. The molecule has 1 aromatic rings. The highest BCUT2D eigenvalue weighted by atomic mass is 35.5. The molecule has 5 heteroatoms. The van der Waals surface area contributed by atoms with Crippen LogP contribution in [0.5, 0.6) is 0 Å². The van der Waals surface area contributed by atoms with Crippen molar-refractivity contribution in [1.82, 2.24) is 0 Å². The number of hydrogen-bond donors (Lipinski definition) is 1. The first-order valence-electron chi connectivity index (χ1n) is 4.66. The van der Waals surface area contributed by atoms with Gasteiger partial charge in [0, 0.05) is 17.5 Å². The fourth-order valence-electron chi connectivity index (χ4n) is 1.59. The molecule has 1 N–H and O–H groups in total. The van der Waals surface area contributed by atoms with Gasteiger partial charge in [0.1, 0.15) is 0 Å². The van der Waals surface area contributed by atoms with E-state index < -0.39 is 15.1 Å². The van der Waals surface area contributed by atoms with E-state index in [0.29, 0.717) is 11.4 Å². The molecule has 0 bridgehead atoms. The van der Waals surface area contributed by atoms with E-state index in [0.717, 1.165) is 0 Å². The van der Waals surface area contributed by atoms with Crippen LogP contribution in [0.15, 0.2) is 29.2 Å². The van der Waals surface area contributed by atoms with Gasteiger partial charge in [-0.25, -0.2) is 8.42 Å². The molecule has 1 aromatic carbocycles.